The average Bonchev–Trinajstić information content (AvgIpc) is 2.59. The van der Waals surface area contributed by atoms with Crippen LogP contribution in [0.25, 0.3) is 0 Å². The second-order valence-corrected chi connectivity index (χ2v) is 7.74. The summed E-state index contributed by atoms with van der Waals surface area (Å²) < 4.78 is 0. The zero-order valence-electron chi connectivity index (χ0n) is 13.5. The van der Waals surface area contributed by atoms with Crippen LogP contribution in [0, 0.1) is 5.41 Å². The molecule has 0 bridgehead atoms. The number of rotatable bonds is 4. The normalized spacial score (nSPS) is 17.0. The largest absolute Gasteiger partial charge is 0.342 e. The molecule has 0 spiro atoms. The first-order valence-corrected chi connectivity index (χ1v) is 9.03. The molecule has 0 aliphatic carbocycles. The number of hydrogen-bond acceptors (Lipinski definition) is 6. The molecule has 3 rings (SSSR count). The third-order valence-electron chi connectivity index (χ3n) is 4.46. The summed E-state index contributed by atoms with van der Waals surface area (Å²) in [6.07, 6.45) is 5.20. The number of nitrogens with two attached hydrogens (primary N) is 1. The van der Waals surface area contributed by atoms with Crippen molar-refractivity contribution in [3.05, 3.63) is 40.0 Å². The van der Waals surface area contributed by atoms with Gasteiger partial charge in [-0.3, -0.25) is 9.78 Å². The van der Waals surface area contributed by atoms with E-state index in [9.17, 15) is 4.79 Å². The molecule has 1 aliphatic heterocycles. The Bertz CT molecular complexity index is 773. The molecule has 1 fully saturated rings. The number of nitrogens with one attached hydrogen (secondary N) is 1. The molecular weight excluding hydrogens is 346 g/mol. The Morgan fingerprint density at radius 1 is 1.38 bits per heavy atom. The number of anilines is 1. The summed E-state index contributed by atoms with van der Waals surface area (Å²) in [5.74, 6) is 0.612. The summed E-state index contributed by atoms with van der Waals surface area (Å²) in [6, 6.07) is 3.61. The highest BCUT2D eigenvalue weighted by molar-refractivity contribution is 7.99. The van der Waals surface area contributed by atoms with Gasteiger partial charge in [-0.25, -0.2) is 9.97 Å². The van der Waals surface area contributed by atoms with Gasteiger partial charge in [-0.1, -0.05) is 30.3 Å². The number of pyridine rings is 1. The molecular formula is C16H20ClN5OS. The van der Waals surface area contributed by atoms with Crippen LogP contribution in [0.1, 0.15) is 19.8 Å². The Balaban J connectivity index is 1.74. The predicted octanol–water partition coefficient (Wildman–Crippen LogP) is 2.53. The van der Waals surface area contributed by atoms with Crippen LogP contribution in [0.15, 0.2) is 39.1 Å². The van der Waals surface area contributed by atoms with Crippen molar-refractivity contribution < 1.29 is 0 Å². The van der Waals surface area contributed by atoms with Gasteiger partial charge in [0.25, 0.3) is 5.56 Å². The van der Waals surface area contributed by atoms with Crippen molar-refractivity contribution in [2.45, 2.75) is 29.6 Å². The van der Waals surface area contributed by atoms with E-state index in [1.54, 1.807) is 18.5 Å². The first-order chi connectivity index (χ1) is 11.5. The number of H-pyrrole nitrogens is 1. The zero-order chi connectivity index (χ0) is 17.2. The second-order valence-electron chi connectivity index (χ2n) is 6.30. The zero-order valence-corrected chi connectivity index (χ0v) is 15.0. The maximum Gasteiger partial charge on any atom is 0.266 e. The third-order valence-corrected chi connectivity index (χ3v) is 5.93. The van der Waals surface area contributed by atoms with Crippen LogP contribution in [0.4, 0.5) is 5.95 Å². The summed E-state index contributed by atoms with van der Waals surface area (Å²) >= 11 is 7.30. The number of aromatic amines is 1. The molecule has 2 aromatic rings. The lowest BCUT2D eigenvalue weighted by molar-refractivity contribution is 0.257. The maximum absolute atomic E-state index is 12.4. The lowest BCUT2D eigenvalue weighted by Gasteiger charge is -2.38. The van der Waals surface area contributed by atoms with Crippen molar-refractivity contribution >= 4 is 29.3 Å². The second kappa shape index (κ2) is 7.13. The van der Waals surface area contributed by atoms with E-state index >= 15 is 0 Å². The van der Waals surface area contributed by atoms with Crippen molar-refractivity contribution in [3.63, 3.8) is 0 Å². The van der Waals surface area contributed by atoms with Gasteiger partial charge in [-0.15, -0.1) is 0 Å². The van der Waals surface area contributed by atoms with Crippen LogP contribution in [0.2, 0.25) is 5.15 Å². The van der Waals surface area contributed by atoms with Gasteiger partial charge in [0.15, 0.2) is 0 Å². The molecule has 0 aromatic carbocycles. The smallest absolute Gasteiger partial charge is 0.266 e. The predicted molar refractivity (Wildman–Crippen MR) is 96.8 cm³/mol. The first kappa shape index (κ1) is 17.3. The third kappa shape index (κ3) is 3.74. The molecule has 24 heavy (non-hydrogen) atoms. The molecule has 128 valence electrons. The molecule has 3 heterocycles. The molecule has 8 heteroatoms. The molecule has 0 amide bonds. The van der Waals surface area contributed by atoms with E-state index in [0.717, 1.165) is 30.8 Å². The summed E-state index contributed by atoms with van der Waals surface area (Å²) in [7, 11) is 0. The first-order valence-electron chi connectivity index (χ1n) is 7.83. The Morgan fingerprint density at radius 3 is 2.75 bits per heavy atom. The van der Waals surface area contributed by atoms with Crippen molar-refractivity contribution in [1.29, 1.82) is 0 Å². The Kier molecular flexibility index (Phi) is 5.12. The van der Waals surface area contributed by atoms with E-state index in [1.807, 2.05) is 6.07 Å². The van der Waals surface area contributed by atoms with Crippen molar-refractivity contribution in [1.82, 2.24) is 15.0 Å². The Labute approximate surface area is 149 Å². The van der Waals surface area contributed by atoms with Crippen molar-refractivity contribution in [2.75, 3.05) is 24.5 Å². The lowest BCUT2D eigenvalue weighted by atomic mass is 9.81. The molecule has 0 saturated carbocycles. The molecule has 1 aliphatic rings. The minimum absolute atomic E-state index is 0.169. The van der Waals surface area contributed by atoms with Crippen LogP contribution in [-0.4, -0.2) is 34.6 Å². The van der Waals surface area contributed by atoms with Gasteiger partial charge in [-0.2, -0.15) is 0 Å². The van der Waals surface area contributed by atoms with Gasteiger partial charge in [-0.05, 0) is 36.9 Å². The molecule has 3 N–H and O–H groups in total. The van der Waals surface area contributed by atoms with Crippen LogP contribution in [0.5, 0.6) is 0 Å². The van der Waals surface area contributed by atoms with Crippen LogP contribution in [-0.2, 0) is 0 Å². The van der Waals surface area contributed by atoms with Crippen LogP contribution >= 0.6 is 23.4 Å². The molecule has 2 aromatic heterocycles. The molecule has 6 nitrogen and oxygen atoms in total. The van der Waals surface area contributed by atoms with E-state index in [-0.39, 0.29) is 11.0 Å². The summed E-state index contributed by atoms with van der Waals surface area (Å²) in [6.45, 7) is 4.58. The SMILES string of the molecule is CC1(CN)CCN(c2ncc(Sc3cccnc3Cl)c(=O)[nH]2)CC1. The average molecular weight is 366 g/mol. The number of nitrogens with zero attached hydrogens (tertiary/aromatic N) is 3. The monoisotopic (exact) mass is 365 g/mol. The van der Waals surface area contributed by atoms with Gasteiger partial charge in [0.05, 0.1) is 11.1 Å². The minimum atomic E-state index is -0.169. The summed E-state index contributed by atoms with van der Waals surface area (Å²) in [4.78, 5) is 27.0. The van der Waals surface area contributed by atoms with Gasteiger partial charge < -0.3 is 10.6 Å². The fourth-order valence-corrected chi connectivity index (χ4v) is 3.64. The summed E-state index contributed by atoms with van der Waals surface area (Å²) in [5.41, 5.74) is 5.86. The van der Waals surface area contributed by atoms with E-state index in [1.165, 1.54) is 11.8 Å². The molecule has 0 atom stereocenters. The Morgan fingerprint density at radius 2 is 2.12 bits per heavy atom. The summed E-state index contributed by atoms with van der Waals surface area (Å²) in [5, 5.41) is 0.378. The number of aromatic nitrogens is 3. The number of halogens is 1. The number of hydrogen-bond donors (Lipinski definition) is 2. The fraction of sp³-hybridized carbons (Fsp3) is 0.438. The highest BCUT2D eigenvalue weighted by Crippen LogP contribution is 2.32. The molecule has 0 radical (unpaired) electrons. The highest BCUT2D eigenvalue weighted by Gasteiger charge is 2.29. The molecule has 1 saturated heterocycles. The number of piperidine rings is 1. The van der Waals surface area contributed by atoms with Crippen LogP contribution < -0.4 is 16.2 Å². The van der Waals surface area contributed by atoms with Crippen molar-refractivity contribution in [2.24, 2.45) is 11.1 Å². The standard InChI is InChI=1S/C16H20ClN5OS/c1-16(10-18)4-7-22(8-5-16)15-20-9-12(14(23)21-15)24-11-3-2-6-19-13(11)17/h2-3,6,9H,4-5,7-8,10,18H2,1H3,(H,20,21,23). The quantitative estimate of drug-likeness (QED) is 0.809. The molecule has 0 unspecified atom stereocenters. The minimum Gasteiger partial charge on any atom is -0.342 e. The van der Waals surface area contributed by atoms with Gasteiger partial charge in [0.2, 0.25) is 5.95 Å². The van der Waals surface area contributed by atoms with Gasteiger partial charge >= 0.3 is 0 Å². The van der Waals surface area contributed by atoms with Gasteiger partial charge in [0, 0.05) is 24.2 Å². The Hall–Kier alpha value is -1.57. The van der Waals surface area contributed by atoms with Gasteiger partial charge in [0.1, 0.15) is 5.15 Å². The van der Waals surface area contributed by atoms with Crippen LogP contribution in [0.3, 0.4) is 0 Å². The fourth-order valence-electron chi connectivity index (χ4n) is 2.64. The maximum atomic E-state index is 12.4. The topological polar surface area (TPSA) is 87.9 Å². The van der Waals surface area contributed by atoms with E-state index in [0.29, 0.717) is 22.5 Å². The highest BCUT2D eigenvalue weighted by atomic mass is 35.5. The van der Waals surface area contributed by atoms with E-state index < -0.39 is 0 Å². The van der Waals surface area contributed by atoms with Crippen molar-refractivity contribution in [3.8, 4) is 0 Å². The van der Waals surface area contributed by atoms with E-state index in [4.69, 9.17) is 17.3 Å². The lowest BCUT2D eigenvalue weighted by Crippen LogP contribution is -2.43. The van der Waals surface area contributed by atoms with E-state index in [2.05, 4.69) is 26.8 Å².